The van der Waals surface area contributed by atoms with Gasteiger partial charge < -0.3 is 20.7 Å². The first-order valence-corrected chi connectivity index (χ1v) is 9.86. The molecule has 0 unspecified atom stereocenters. The largest absolute Gasteiger partial charge is 0.378 e. The van der Waals surface area contributed by atoms with Crippen molar-refractivity contribution in [3.63, 3.8) is 0 Å². The van der Waals surface area contributed by atoms with Crippen molar-refractivity contribution in [2.75, 3.05) is 63.1 Å². The average Bonchev–Trinajstić information content (AvgIpc) is 3.17. The Bertz CT molecular complexity index is 976. The third-order valence-electron chi connectivity index (χ3n) is 5.20. The molecule has 11 heteroatoms. The predicted molar refractivity (Wildman–Crippen MR) is 107 cm³/mol. The smallest absolute Gasteiger partial charge is 0.219 e. The molecule has 0 saturated carbocycles. The van der Waals surface area contributed by atoms with E-state index >= 15 is 0 Å². The molecule has 2 aliphatic heterocycles. The zero-order chi connectivity index (χ0) is 19.6. The lowest BCUT2D eigenvalue weighted by molar-refractivity contribution is 0.122. The van der Waals surface area contributed by atoms with Gasteiger partial charge in [-0.05, 0) is 0 Å². The van der Waals surface area contributed by atoms with Gasteiger partial charge in [-0.3, -0.25) is 4.90 Å². The van der Waals surface area contributed by atoms with E-state index in [4.69, 9.17) is 25.5 Å². The van der Waals surface area contributed by atoms with E-state index in [0.717, 1.165) is 74.4 Å². The van der Waals surface area contributed by atoms with E-state index in [1.165, 1.54) is 0 Å². The average molecular weight is 396 g/mol. The van der Waals surface area contributed by atoms with Crippen LogP contribution >= 0.6 is 0 Å². The number of nitrogens with two attached hydrogens (primary N) is 1. The second kappa shape index (κ2) is 7.85. The first-order valence-electron chi connectivity index (χ1n) is 9.86. The number of piperazine rings is 1. The zero-order valence-corrected chi connectivity index (χ0v) is 16.2. The number of nitrogens with zero attached hydrogens (tertiary/aromatic N) is 8. The second-order valence-corrected chi connectivity index (χ2v) is 7.20. The SMILES string of the molecule is Nc1ncc(-c2cn3nc(CN4CCNCC4)nc3c(N3CCOCC3)n2)cn1. The molecule has 0 amide bonds. The summed E-state index contributed by atoms with van der Waals surface area (Å²) in [5, 5.41) is 8.12. The van der Waals surface area contributed by atoms with Crippen LogP contribution in [-0.2, 0) is 11.3 Å². The van der Waals surface area contributed by atoms with Crippen LogP contribution in [-0.4, -0.2) is 86.9 Å². The Hall–Kier alpha value is -2.89. The Morgan fingerprint density at radius 3 is 2.55 bits per heavy atom. The number of anilines is 2. The number of nitrogens with one attached hydrogen (secondary N) is 1. The molecule has 3 N–H and O–H groups in total. The van der Waals surface area contributed by atoms with E-state index in [0.29, 0.717) is 13.2 Å². The minimum absolute atomic E-state index is 0.238. The number of nitrogen functional groups attached to an aromatic ring is 1. The van der Waals surface area contributed by atoms with Crippen LogP contribution in [0.3, 0.4) is 0 Å². The topological polar surface area (TPSA) is 123 Å². The summed E-state index contributed by atoms with van der Waals surface area (Å²) in [5.74, 6) is 1.85. The van der Waals surface area contributed by atoms with Gasteiger partial charge in [-0.1, -0.05) is 0 Å². The fraction of sp³-hybridized carbons (Fsp3) is 0.500. The lowest BCUT2D eigenvalue weighted by Crippen LogP contribution is -2.43. The highest BCUT2D eigenvalue weighted by Gasteiger charge is 2.21. The van der Waals surface area contributed by atoms with Crippen molar-refractivity contribution in [2.24, 2.45) is 0 Å². The Labute approximate surface area is 167 Å². The molecule has 152 valence electrons. The summed E-state index contributed by atoms with van der Waals surface area (Å²) in [6, 6.07) is 0. The van der Waals surface area contributed by atoms with Crippen LogP contribution in [0.15, 0.2) is 18.6 Å². The van der Waals surface area contributed by atoms with Crippen LogP contribution in [0.25, 0.3) is 16.9 Å². The standard InChI is InChI=1S/C18H24N10O/c19-18-21-9-13(10-22-18)14-11-28-17(16(23-14)27-5-7-29-8-6-27)24-15(25-28)12-26-3-1-20-2-4-26/h9-11,20H,1-8,12H2,(H2,19,21,22). The monoisotopic (exact) mass is 396 g/mol. The van der Waals surface area contributed by atoms with Gasteiger partial charge in [0.05, 0.1) is 31.6 Å². The Balaban J connectivity index is 1.54. The molecule has 5 rings (SSSR count). The van der Waals surface area contributed by atoms with Crippen LogP contribution in [0.4, 0.5) is 11.8 Å². The van der Waals surface area contributed by atoms with Crippen LogP contribution < -0.4 is 16.0 Å². The quantitative estimate of drug-likeness (QED) is 0.591. The van der Waals surface area contributed by atoms with Crippen molar-refractivity contribution in [2.45, 2.75) is 6.54 Å². The lowest BCUT2D eigenvalue weighted by Gasteiger charge is -2.28. The molecule has 0 bridgehead atoms. The molecular weight excluding hydrogens is 372 g/mol. The van der Waals surface area contributed by atoms with Gasteiger partial charge in [-0.25, -0.2) is 24.5 Å². The molecule has 0 radical (unpaired) electrons. The van der Waals surface area contributed by atoms with Crippen LogP contribution in [0, 0.1) is 0 Å². The molecule has 0 aromatic carbocycles. The number of fused-ring (bicyclic) bond motifs is 1. The van der Waals surface area contributed by atoms with Crippen molar-refractivity contribution in [1.82, 2.24) is 39.8 Å². The van der Waals surface area contributed by atoms with Gasteiger partial charge in [-0.2, -0.15) is 0 Å². The molecule has 11 nitrogen and oxygen atoms in total. The van der Waals surface area contributed by atoms with E-state index in [9.17, 15) is 0 Å². The van der Waals surface area contributed by atoms with Crippen molar-refractivity contribution in [3.05, 3.63) is 24.4 Å². The number of ether oxygens (including phenoxy) is 1. The Kier molecular flexibility index (Phi) is 4.92. The first kappa shape index (κ1) is 18.2. The molecule has 0 spiro atoms. The number of rotatable bonds is 4. The number of morpholine rings is 1. The number of hydrogen-bond acceptors (Lipinski definition) is 10. The maximum absolute atomic E-state index is 5.63. The molecule has 3 aromatic heterocycles. The summed E-state index contributed by atoms with van der Waals surface area (Å²) in [4.78, 5) is 22.5. The first-order chi connectivity index (χ1) is 14.3. The lowest BCUT2D eigenvalue weighted by atomic mass is 10.2. The number of aromatic nitrogens is 6. The minimum atomic E-state index is 0.238. The van der Waals surface area contributed by atoms with Gasteiger partial charge in [-0.15, -0.1) is 5.10 Å². The third kappa shape index (κ3) is 3.84. The minimum Gasteiger partial charge on any atom is -0.378 e. The highest BCUT2D eigenvalue weighted by Crippen LogP contribution is 2.25. The van der Waals surface area contributed by atoms with Crippen LogP contribution in [0.2, 0.25) is 0 Å². The summed E-state index contributed by atoms with van der Waals surface area (Å²) < 4.78 is 7.33. The van der Waals surface area contributed by atoms with Gasteiger partial charge in [0.15, 0.2) is 17.3 Å². The van der Waals surface area contributed by atoms with E-state index in [2.05, 4.69) is 25.1 Å². The van der Waals surface area contributed by atoms with Crippen molar-refractivity contribution < 1.29 is 4.74 Å². The van der Waals surface area contributed by atoms with Gasteiger partial charge in [0.25, 0.3) is 0 Å². The number of hydrogen-bond donors (Lipinski definition) is 2. The highest BCUT2D eigenvalue weighted by molar-refractivity contribution is 5.69. The summed E-state index contributed by atoms with van der Waals surface area (Å²) in [6.45, 7) is 7.59. The molecule has 2 aliphatic rings. The fourth-order valence-electron chi connectivity index (χ4n) is 3.65. The maximum Gasteiger partial charge on any atom is 0.219 e. The molecule has 3 aromatic rings. The van der Waals surface area contributed by atoms with Gasteiger partial charge >= 0.3 is 0 Å². The molecular formula is C18H24N10O. The van der Waals surface area contributed by atoms with E-state index in [1.807, 2.05) is 10.7 Å². The Morgan fingerprint density at radius 2 is 1.79 bits per heavy atom. The van der Waals surface area contributed by atoms with Crippen molar-refractivity contribution in [3.8, 4) is 11.3 Å². The van der Waals surface area contributed by atoms with Crippen LogP contribution in [0.1, 0.15) is 5.82 Å². The molecule has 2 saturated heterocycles. The summed E-state index contributed by atoms with van der Waals surface area (Å²) in [6.07, 6.45) is 5.23. The summed E-state index contributed by atoms with van der Waals surface area (Å²) in [5.41, 5.74) is 7.91. The van der Waals surface area contributed by atoms with E-state index in [1.54, 1.807) is 12.4 Å². The molecule has 29 heavy (non-hydrogen) atoms. The van der Waals surface area contributed by atoms with Crippen molar-refractivity contribution in [1.29, 1.82) is 0 Å². The van der Waals surface area contributed by atoms with E-state index < -0.39 is 0 Å². The maximum atomic E-state index is 5.63. The molecule has 0 atom stereocenters. The normalized spacial score (nSPS) is 18.4. The predicted octanol–water partition coefficient (Wildman–Crippen LogP) is -0.595. The van der Waals surface area contributed by atoms with Gasteiger partial charge in [0.1, 0.15) is 0 Å². The molecule has 2 fully saturated rings. The summed E-state index contributed by atoms with van der Waals surface area (Å²) in [7, 11) is 0. The van der Waals surface area contributed by atoms with Crippen molar-refractivity contribution >= 4 is 17.4 Å². The Morgan fingerprint density at radius 1 is 1.03 bits per heavy atom. The highest BCUT2D eigenvalue weighted by atomic mass is 16.5. The van der Waals surface area contributed by atoms with E-state index in [-0.39, 0.29) is 5.95 Å². The fourth-order valence-corrected chi connectivity index (χ4v) is 3.65. The summed E-state index contributed by atoms with van der Waals surface area (Å²) >= 11 is 0. The zero-order valence-electron chi connectivity index (χ0n) is 16.2. The van der Waals surface area contributed by atoms with Gasteiger partial charge in [0.2, 0.25) is 5.95 Å². The second-order valence-electron chi connectivity index (χ2n) is 7.20. The third-order valence-corrected chi connectivity index (χ3v) is 5.20. The van der Waals surface area contributed by atoms with Crippen LogP contribution in [0.5, 0.6) is 0 Å². The molecule has 0 aliphatic carbocycles. The van der Waals surface area contributed by atoms with Gasteiger partial charge in [0, 0.05) is 57.2 Å². The molecule has 5 heterocycles.